The highest BCUT2D eigenvalue weighted by molar-refractivity contribution is 5.70. The molecule has 0 N–H and O–H groups in total. The Morgan fingerprint density at radius 2 is 1.80 bits per heavy atom. The largest absolute Gasteiger partial charge is 0.489 e. The molecule has 5 heteroatoms. The lowest BCUT2D eigenvalue weighted by molar-refractivity contribution is -0.221. The summed E-state index contributed by atoms with van der Waals surface area (Å²) in [7, 11) is 0. The molecular weight excluding hydrogens is 320 g/mol. The second kappa shape index (κ2) is 8.14. The average Bonchev–Trinajstić information content (AvgIpc) is 2.61. The number of rotatable bonds is 8. The highest BCUT2D eigenvalue weighted by Crippen LogP contribution is 2.34. The minimum Gasteiger partial charge on any atom is -0.489 e. The molecule has 0 unspecified atom stereocenters. The Balaban J connectivity index is 1.59. The van der Waals surface area contributed by atoms with Gasteiger partial charge in [0.2, 0.25) is 0 Å². The minimum atomic E-state index is -0.579. The van der Waals surface area contributed by atoms with Crippen LogP contribution >= 0.6 is 0 Å². The summed E-state index contributed by atoms with van der Waals surface area (Å²) in [6.45, 7) is 3.41. The van der Waals surface area contributed by atoms with Crippen molar-refractivity contribution in [2.45, 2.75) is 19.1 Å². The second-order valence-corrected chi connectivity index (χ2v) is 5.88. The zero-order valence-corrected chi connectivity index (χ0v) is 14.3. The number of hydrogen-bond acceptors (Lipinski definition) is 5. The summed E-state index contributed by atoms with van der Waals surface area (Å²) < 4.78 is 21.8. The molecule has 0 radical (unpaired) electrons. The molecule has 0 saturated carbocycles. The van der Waals surface area contributed by atoms with E-state index in [1.165, 1.54) is 0 Å². The van der Waals surface area contributed by atoms with Gasteiger partial charge in [0.15, 0.2) is 0 Å². The number of carbonyl (C=O) groups is 1. The third-order valence-electron chi connectivity index (χ3n) is 4.07. The SMILES string of the molecule is CCOC(=O)COC1(c2ccc(OCc3ccccc3)cc2)COC1. The van der Waals surface area contributed by atoms with Crippen molar-refractivity contribution in [1.82, 2.24) is 0 Å². The molecule has 0 atom stereocenters. The van der Waals surface area contributed by atoms with E-state index in [0.29, 0.717) is 26.4 Å². The summed E-state index contributed by atoms with van der Waals surface area (Å²) >= 11 is 0. The lowest BCUT2D eigenvalue weighted by Gasteiger charge is -2.41. The molecule has 0 amide bonds. The Bertz CT molecular complexity index is 677. The third-order valence-corrected chi connectivity index (χ3v) is 4.07. The smallest absolute Gasteiger partial charge is 0.332 e. The van der Waals surface area contributed by atoms with Gasteiger partial charge >= 0.3 is 5.97 Å². The molecule has 0 bridgehead atoms. The number of ether oxygens (including phenoxy) is 4. The summed E-state index contributed by atoms with van der Waals surface area (Å²) in [4.78, 5) is 11.5. The quantitative estimate of drug-likeness (QED) is 0.690. The molecule has 2 aromatic rings. The van der Waals surface area contributed by atoms with Crippen LogP contribution in [0.4, 0.5) is 0 Å². The first kappa shape index (κ1) is 17.5. The van der Waals surface area contributed by atoms with E-state index in [9.17, 15) is 4.79 Å². The first-order valence-electron chi connectivity index (χ1n) is 8.36. The number of hydrogen-bond donors (Lipinski definition) is 0. The molecule has 2 aromatic carbocycles. The fourth-order valence-electron chi connectivity index (χ4n) is 2.62. The molecule has 3 rings (SSSR count). The van der Waals surface area contributed by atoms with Crippen molar-refractivity contribution >= 4 is 5.97 Å². The van der Waals surface area contributed by atoms with Gasteiger partial charge in [-0.1, -0.05) is 42.5 Å². The van der Waals surface area contributed by atoms with Crippen LogP contribution in [0.5, 0.6) is 5.75 Å². The van der Waals surface area contributed by atoms with Gasteiger partial charge in [0.25, 0.3) is 0 Å². The monoisotopic (exact) mass is 342 g/mol. The van der Waals surface area contributed by atoms with Gasteiger partial charge < -0.3 is 18.9 Å². The van der Waals surface area contributed by atoms with Crippen molar-refractivity contribution in [3.05, 3.63) is 65.7 Å². The van der Waals surface area contributed by atoms with Crippen LogP contribution < -0.4 is 4.74 Å². The first-order valence-corrected chi connectivity index (χ1v) is 8.36. The van der Waals surface area contributed by atoms with Gasteiger partial charge in [-0.3, -0.25) is 0 Å². The maximum Gasteiger partial charge on any atom is 0.332 e. The molecule has 0 spiro atoms. The molecule has 0 aromatic heterocycles. The topological polar surface area (TPSA) is 54.0 Å². The lowest BCUT2D eigenvalue weighted by Crippen LogP contribution is -2.49. The van der Waals surface area contributed by atoms with Gasteiger partial charge in [-0.15, -0.1) is 0 Å². The molecule has 132 valence electrons. The van der Waals surface area contributed by atoms with Crippen molar-refractivity contribution in [2.75, 3.05) is 26.4 Å². The Hall–Kier alpha value is -2.37. The second-order valence-electron chi connectivity index (χ2n) is 5.88. The predicted molar refractivity (Wildman–Crippen MR) is 92.3 cm³/mol. The standard InChI is InChI=1S/C20H22O5/c1-2-23-19(21)13-25-20(14-22-15-20)17-8-10-18(11-9-17)24-12-16-6-4-3-5-7-16/h3-11H,2,12-15H2,1H3. The highest BCUT2D eigenvalue weighted by Gasteiger charge is 2.42. The maximum absolute atomic E-state index is 11.5. The highest BCUT2D eigenvalue weighted by atomic mass is 16.6. The molecule has 1 aliphatic heterocycles. The van der Waals surface area contributed by atoms with Crippen molar-refractivity contribution in [2.24, 2.45) is 0 Å². The van der Waals surface area contributed by atoms with Gasteiger partial charge in [0.05, 0.1) is 19.8 Å². The number of esters is 1. The minimum absolute atomic E-state index is 0.0799. The summed E-state index contributed by atoms with van der Waals surface area (Å²) in [6, 6.07) is 17.7. The van der Waals surface area contributed by atoms with Crippen LogP contribution in [0.1, 0.15) is 18.1 Å². The molecule has 5 nitrogen and oxygen atoms in total. The van der Waals surface area contributed by atoms with E-state index in [1.807, 2.05) is 54.6 Å². The van der Waals surface area contributed by atoms with Gasteiger partial charge in [-0.05, 0) is 30.2 Å². The van der Waals surface area contributed by atoms with Crippen molar-refractivity contribution in [1.29, 1.82) is 0 Å². The van der Waals surface area contributed by atoms with Gasteiger partial charge in [0.1, 0.15) is 24.6 Å². The summed E-state index contributed by atoms with van der Waals surface area (Å²) in [5.74, 6) is 0.421. The molecule has 1 fully saturated rings. The van der Waals surface area contributed by atoms with E-state index in [0.717, 1.165) is 16.9 Å². The average molecular weight is 342 g/mol. The van der Waals surface area contributed by atoms with E-state index >= 15 is 0 Å². The molecule has 1 aliphatic rings. The van der Waals surface area contributed by atoms with Crippen LogP contribution in [0, 0.1) is 0 Å². The van der Waals surface area contributed by atoms with E-state index in [4.69, 9.17) is 18.9 Å². The predicted octanol–water partition coefficient (Wildman–Crippen LogP) is 3.07. The van der Waals surface area contributed by atoms with Gasteiger partial charge in [-0.2, -0.15) is 0 Å². The number of benzene rings is 2. The molecule has 25 heavy (non-hydrogen) atoms. The fourth-order valence-corrected chi connectivity index (χ4v) is 2.62. The van der Waals surface area contributed by atoms with E-state index in [-0.39, 0.29) is 12.6 Å². The maximum atomic E-state index is 11.5. The van der Waals surface area contributed by atoms with E-state index in [2.05, 4.69) is 0 Å². The lowest BCUT2D eigenvalue weighted by atomic mass is 9.91. The van der Waals surface area contributed by atoms with Gasteiger partial charge in [0, 0.05) is 0 Å². The summed E-state index contributed by atoms with van der Waals surface area (Å²) in [5, 5.41) is 0. The Labute approximate surface area is 147 Å². The normalized spacial score (nSPS) is 15.2. The first-order chi connectivity index (χ1) is 12.2. The van der Waals surface area contributed by atoms with Crippen LogP contribution in [0.15, 0.2) is 54.6 Å². The molecule has 1 saturated heterocycles. The van der Waals surface area contributed by atoms with Crippen LogP contribution in [0.3, 0.4) is 0 Å². The summed E-state index contributed by atoms with van der Waals surface area (Å²) in [6.07, 6.45) is 0. The summed E-state index contributed by atoms with van der Waals surface area (Å²) in [5.41, 5.74) is 1.51. The zero-order chi connectivity index (χ0) is 17.5. The van der Waals surface area contributed by atoms with Crippen molar-refractivity contribution in [3.63, 3.8) is 0 Å². The van der Waals surface area contributed by atoms with Crippen molar-refractivity contribution in [3.8, 4) is 5.75 Å². The van der Waals surface area contributed by atoms with Crippen LogP contribution in [0.25, 0.3) is 0 Å². The third kappa shape index (κ3) is 4.38. The van der Waals surface area contributed by atoms with E-state index in [1.54, 1.807) is 6.92 Å². The zero-order valence-electron chi connectivity index (χ0n) is 14.3. The van der Waals surface area contributed by atoms with Gasteiger partial charge in [-0.25, -0.2) is 4.79 Å². The fraction of sp³-hybridized carbons (Fsp3) is 0.350. The Kier molecular flexibility index (Phi) is 5.68. The molecule has 1 heterocycles. The van der Waals surface area contributed by atoms with Crippen LogP contribution in [-0.2, 0) is 31.2 Å². The van der Waals surface area contributed by atoms with Crippen LogP contribution in [-0.4, -0.2) is 32.4 Å². The van der Waals surface area contributed by atoms with Crippen LogP contribution in [0.2, 0.25) is 0 Å². The molecule has 0 aliphatic carbocycles. The Morgan fingerprint density at radius 1 is 1.08 bits per heavy atom. The molecular formula is C20H22O5. The van der Waals surface area contributed by atoms with Crippen molar-refractivity contribution < 1.29 is 23.7 Å². The Morgan fingerprint density at radius 3 is 2.40 bits per heavy atom. The van der Waals surface area contributed by atoms with E-state index < -0.39 is 5.60 Å². The number of carbonyl (C=O) groups excluding carboxylic acids is 1.